The highest BCUT2D eigenvalue weighted by Gasteiger charge is 2.27. The topological polar surface area (TPSA) is 107 Å². The van der Waals surface area contributed by atoms with Gasteiger partial charge in [-0.15, -0.1) is 0 Å². The molecule has 2 aromatic carbocycles. The summed E-state index contributed by atoms with van der Waals surface area (Å²) in [6.07, 6.45) is 1.24. The molecule has 8 heteroatoms. The lowest BCUT2D eigenvalue weighted by atomic mass is 10.00. The number of carbonyl (C=O) groups excluding carboxylic acids is 1. The third-order valence-electron chi connectivity index (χ3n) is 4.49. The Labute approximate surface area is 166 Å². The van der Waals surface area contributed by atoms with E-state index in [0.29, 0.717) is 28.1 Å². The summed E-state index contributed by atoms with van der Waals surface area (Å²) >= 11 is 0. The number of nitrogens with zero attached hydrogens (tertiary/aromatic N) is 3. The maximum Gasteiger partial charge on any atom is 0.340 e. The van der Waals surface area contributed by atoms with Gasteiger partial charge in [-0.25, -0.2) is 4.79 Å². The smallest absolute Gasteiger partial charge is 0.340 e. The molecule has 0 saturated carbocycles. The highest BCUT2D eigenvalue weighted by molar-refractivity contribution is 6.05. The van der Waals surface area contributed by atoms with Crippen LogP contribution in [0.3, 0.4) is 0 Å². The molecule has 3 aromatic rings. The first-order valence-corrected chi connectivity index (χ1v) is 8.89. The molecule has 0 aliphatic carbocycles. The molecule has 1 aromatic heterocycles. The number of ether oxygens (including phenoxy) is 1. The summed E-state index contributed by atoms with van der Waals surface area (Å²) in [5, 5.41) is 23.4. The predicted molar refractivity (Wildman–Crippen MR) is 108 cm³/mol. The maximum absolute atomic E-state index is 12.8. The molecule has 8 nitrogen and oxygen atoms in total. The summed E-state index contributed by atoms with van der Waals surface area (Å²) < 4.78 is 7.03. The molecule has 0 radical (unpaired) electrons. The maximum atomic E-state index is 12.8. The van der Waals surface area contributed by atoms with Crippen LogP contribution < -0.4 is 0 Å². The minimum absolute atomic E-state index is 0.0666. The Kier molecular flexibility index (Phi) is 5.73. The number of nitro groups is 1. The Hall–Kier alpha value is -3.94. The predicted octanol–water partition coefficient (Wildman–Crippen LogP) is 4.35. The molecule has 1 N–H and O–H groups in total. The molecule has 148 valence electrons. The van der Waals surface area contributed by atoms with Crippen LogP contribution in [0.2, 0.25) is 0 Å². The van der Waals surface area contributed by atoms with Gasteiger partial charge in [-0.05, 0) is 43.7 Å². The second-order valence-corrected chi connectivity index (χ2v) is 6.16. The van der Waals surface area contributed by atoms with Crippen molar-refractivity contribution in [2.45, 2.75) is 13.8 Å². The monoisotopic (exact) mass is 393 g/mol. The largest absolute Gasteiger partial charge is 0.462 e. The minimum Gasteiger partial charge on any atom is -0.462 e. The number of aromatic nitrogens is 1. The van der Waals surface area contributed by atoms with E-state index < -0.39 is 10.9 Å². The van der Waals surface area contributed by atoms with E-state index in [1.165, 1.54) is 18.3 Å². The van der Waals surface area contributed by atoms with Crippen molar-refractivity contribution in [3.8, 4) is 16.8 Å². The number of benzene rings is 2. The molecular formula is C21H19N3O5. The van der Waals surface area contributed by atoms with Gasteiger partial charge < -0.3 is 14.5 Å². The number of carbonyl (C=O) groups is 1. The Morgan fingerprint density at radius 2 is 1.86 bits per heavy atom. The fraction of sp³-hybridized carbons (Fsp3) is 0.143. The summed E-state index contributed by atoms with van der Waals surface area (Å²) in [6, 6.07) is 15.1. The average Bonchev–Trinajstić information content (AvgIpc) is 3.01. The number of hydrogen-bond donors (Lipinski definition) is 1. The van der Waals surface area contributed by atoms with E-state index in [9.17, 15) is 20.1 Å². The van der Waals surface area contributed by atoms with Gasteiger partial charge in [-0.3, -0.25) is 10.1 Å². The third kappa shape index (κ3) is 3.73. The fourth-order valence-corrected chi connectivity index (χ4v) is 3.30. The summed E-state index contributed by atoms with van der Waals surface area (Å²) in [5.41, 5.74) is 3.08. The molecule has 0 saturated heterocycles. The van der Waals surface area contributed by atoms with E-state index in [1.54, 1.807) is 30.5 Å². The number of hydrogen-bond acceptors (Lipinski definition) is 6. The molecule has 1 heterocycles. The number of rotatable bonds is 6. The third-order valence-corrected chi connectivity index (χ3v) is 4.49. The van der Waals surface area contributed by atoms with Crippen molar-refractivity contribution >= 4 is 17.9 Å². The van der Waals surface area contributed by atoms with Crippen molar-refractivity contribution in [1.82, 2.24) is 4.57 Å². The number of esters is 1. The van der Waals surface area contributed by atoms with E-state index in [2.05, 4.69) is 5.16 Å². The highest BCUT2D eigenvalue weighted by atomic mass is 16.6. The molecule has 0 amide bonds. The van der Waals surface area contributed by atoms with Crippen LogP contribution in [-0.2, 0) is 4.74 Å². The van der Waals surface area contributed by atoms with Gasteiger partial charge in [0.2, 0.25) is 0 Å². The SMILES string of the molecule is CCOC(=O)c1c(-c2ccc([N+](=O)[O-])cc2)c(/C=N/O)n(-c2ccccc2)c1C. The Morgan fingerprint density at radius 1 is 1.21 bits per heavy atom. The van der Waals surface area contributed by atoms with Crippen molar-refractivity contribution in [2.75, 3.05) is 6.61 Å². The summed E-state index contributed by atoms with van der Waals surface area (Å²) in [5.74, 6) is -0.527. The van der Waals surface area contributed by atoms with Gasteiger partial charge in [0.15, 0.2) is 0 Å². The van der Waals surface area contributed by atoms with Gasteiger partial charge in [0.1, 0.15) is 0 Å². The minimum atomic E-state index is -0.527. The number of non-ortho nitro benzene ring substituents is 1. The number of oxime groups is 1. The van der Waals surface area contributed by atoms with Crippen LogP contribution in [0.15, 0.2) is 59.8 Å². The van der Waals surface area contributed by atoms with Crippen LogP contribution in [0.25, 0.3) is 16.8 Å². The second-order valence-electron chi connectivity index (χ2n) is 6.16. The van der Waals surface area contributed by atoms with Gasteiger partial charge in [-0.2, -0.15) is 0 Å². The van der Waals surface area contributed by atoms with Crippen LogP contribution in [0.4, 0.5) is 5.69 Å². The molecule has 0 unspecified atom stereocenters. The Balaban J connectivity index is 2.35. The van der Waals surface area contributed by atoms with Gasteiger partial charge in [0.05, 0.1) is 29.0 Å². The van der Waals surface area contributed by atoms with Crippen LogP contribution in [0.1, 0.15) is 28.7 Å². The van der Waals surface area contributed by atoms with Crippen LogP contribution >= 0.6 is 0 Å². The first-order chi connectivity index (χ1) is 14.0. The lowest BCUT2D eigenvalue weighted by Gasteiger charge is -2.09. The second kappa shape index (κ2) is 8.39. The summed E-state index contributed by atoms with van der Waals surface area (Å²) in [6.45, 7) is 3.67. The molecule has 0 atom stereocenters. The average molecular weight is 393 g/mol. The van der Waals surface area contributed by atoms with E-state index in [-0.39, 0.29) is 12.3 Å². The number of nitro benzene ring substituents is 1. The standard InChI is InChI=1S/C21H19N3O5/c1-3-29-21(25)19-14(2)23(16-7-5-4-6-8-16)18(13-22-26)20(19)15-9-11-17(12-10-15)24(27)28/h4-13,26H,3H2,1-2H3/b22-13+. The Bertz CT molecular complexity index is 1070. The van der Waals surface area contributed by atoms with E-state index in [0.717, 1.165) is 5.69 Å². The summed E-state index contributed by atoms with van der Waals surface area (Å²) in [7, 11) is 0. The van der Waals surface area contributed by atoms with E-state index >= 15 is 0 Å². The normalized spacial score (nSPS) is 11.0. The molecule has 3 rings (SSSR count). The highest BCUT2D eigenvalue weighted by Crippen LogP contribution is 2.35. The van der Waals surface area contributed by atoms with Crippen molar-refractivity contribution < 1.29 is 19.7 Å². The lowest BCUT2D eigenvalue weighted by Crippen LogP contribution is -2.07. The number of para-hydroxylation sites is 1. The van der Waals surface area contributed by atoms with Gasteiger partial charge in [-0.1, -0.05) is 23.4 Å². The fourth-order valence-electron chi connectivity index (χ4n) is 3.30. The zero-order valence-electron chi connectivity index (χ0n) is 15.9. The molecule has 0 bridgehead atoms. The van der Waals surface area contributed by atoms with Gasteiger partial charge in [0.25, 0.3) is 5.69 Å². The van der Waals surface area contributed by atoms with Crippen molar-refractivity contribution in [2.24, 2.45) is 5.16 Å². The van der Waals surface area contributed by atoms with E-state index in [4.69, 9.17) is 4.74 Å². The quantitative estimate of drug-likeness (QED) is 0.220. The van der Waals surface area contributed by atoms with Gasteiger partial charge >= 0.3 is 5.97 Å². The molecule has 0 aliphatic heterocycles. The molecular weight excluding hydrogens is 374 g/mol. The van der Waals surface area contributed by atoms with Crippen LogP contribution in [0.5, 0.6) is 0 Å². The lowest BCUT2D eigenvalue weighted by molar-refractivity contribution is -0.384. The van der Waals surface area contributed by atoms with Crippen LogP contribution in [0, 0.1) is 17.0 Å². The van der Waals surface area contributed by atoms with E-state index in [1.807, 2.05) is 30.3 Å². The Morgan fingerprint density at radius 3 is 2.41 bits per heavy atom. The molecule has 29 heavy (non-hydrogen) atoms. The van der Waals surface area contributed by atoms with Gasteiger partial charge in [0, 0.05) is 29.1 Å². The summed E-state index contributed by atoms with van der Waals surface area (Å²) in [4.78, 5) is 23.3. The first-order valence-electron chi connectivity index (χ1n) is 8.89. The molecule has 0 aliphatic rings. The van der Waals surface area contributed by atoms with Crippen molar-refractivity contribution in [1.29, 1.82) is 0 Å². The zero-order chi connectivity index (χ0) is 21.0. The van der Waals surface area contributed by atoms with Crippen LogP contribution in [-0.4, -0.2) is 33.5 Å². The molecule has 0 spiro atoms. The zero-order valence-corrected chi connectivity index (χ0v) is 15.9. The first kappa shape index (κ1) is 19.8. The van der Waals surface area contributed by atoms with Crippen molar-refractivity contribution in [3.63, 3.8) is 0 Å². The molecule has 0 fully saturated rings. The van der Waals surface area contributed by atoms with Crippen molar-refractivity contribution in [3.05, 3.63) is 81.7 Å².